The first-order valence-corrected chi connectivity index (χ1v) is 8.45. The van der Waals surface area contributed by atoms with E-state index < -0.39 is 0 Å². The molecule has 1 N–H and O–H groups in total. The van der Waals surface area contributed by atoms with Gasteiger partial charge in [0.05, 0.1) is 0 Å². The molecule has 0 spiro atoms. The quantitative estimate of drug-likeness (QED) is 0.680. The molecule has 0 aromatic carbocycles. The molecule has 1 aliphatic carbocycles. The van der Waals surface area contributed by atoms with E-state index in [1.54, 1.807) is 0 Å². The molecule has 1 rings (SSSR count). The first kappa shape index (κ1) is 17.0. The van der Waals surface area contributed by atoms with Crippen LogP contribution in [0.3, 0.4) is 0 Å². The average molecular weight is 269 g/mol. The van der Waals surface area contributed by atoms with Crippen molar-refractivity contribution >= 4 is 0 Å². The number of nitrogens with one attached hydrogen (secondary N) is 1. The minimum Gasteiger partial charge on any atom is -0.381 e. The molecule has 0 aliphatic heterocycles. The maximum Gasteiger partial charge on any atom is 0.0497 e. The van der Waals surface area contributed by atoms with Gasteiger partial charge in [-0.25, -0.2) is 0 Å². The molecule has 0 aromatic rings. The van der Waals surface area contributed by atoms with Crippen LogP contribution in [0.1, 0.15) is 59.8 Å². The van der Waals surface area contributed by atoms with E-state index in [-0.39, 0.29) is 0 Å². The van der Waals surface area contributed by atoms with Gasteiger partial charge in [0.1, 0.15) is 0 Å². The van der Waals surface area contributed by atoms with Gasteiger partial charge in [0, 0.05) is 13.2 Å². The van der Waals surface area contributed by atoms with Crippen molar-refractivity contribution in [3.8, 4) is 0 Å². The summed E-state index contributed by atoms with van der Waals surface area (Å²) in [7, 11) is 0. The third kappa shape index (κ3) is 6.76. The Bertz CT molecular complexity index is 217. The minimum atomic E-state index is 0.752. The summed E-state index contributed by atoms with van der Waals surface area (Å²) in [4.78, 5) is 0. The molecule has 19 heavy (non-hydrogen) atoms. The summed E-state index contributed by atoms with van der Waals surface area (Å²) < 4.78 is 5.73. The van der Waals surface area contributed by atoms with Crippen molar-refractivity contribution in [2.75, 3.05) is 26.3 Å². The monoisotopic (exact) mass is 269 g/mol. The van der Waals surface area contributed by atoms with E-state index in [1.807, 2.05) is 0 Å². The standard InChI is InChI=1S/C17H35NO/c1-5-7-15-8-9-16(12-18-11-14(3)4)17(10-15)13-19-6-2/h14-18H,5-13H2,1-4H3. The Labute approximate surface area is 120 Å². The number of hydrogen-bond acceptors (Lipinski definition) is 2. The first-order valence-electron chi connectivity index (χ1n) is 8.45. The molecule has 0 radical (unpaired) electrons. The third-order valence-corrected chi connectivity index (χ3v) is 4.44. The van der Waals surface area contributed by atoms with Crippen LogP contribution in [0.2, 0.25) is 0 Å². The molecule has 2 heteroatoms. The zero-order valence-corrected chi connectivity index (χ0v) is 13.6. The molecule has 0 saturated heterocycles. The maximum atomic E-state index is 5.73. The molecule has 3 atom stereocenters. The van der Waals surface area contributed by atoms with E-state index in [4.69, 9.17) is 4.74 Å². The molecule has 2 nitrogen and oxygen atoms in total. The van der Waals surface area contributed by atoms with Gasteiger partial charge in [0.2, 0.25) is 0 Å². The van der Waals surface area contributed by atoms with Crippen molar-refractivity contribution < 1.29 is 4.74 Å². The lowest BCUT2D eigenvalue weighted by atomic mass is 9.73. The molecule has 0 bridgehead atoms. The lowest BCUT2D eigenvalue weighted by Gasteiger charge is -2.36. The molecular weight excluding hydrogens is 234 g/mol. The fraction of sp³-hybridized carbons (Fsp3) is 1.00. The SMILES string of the molecule is CCCC1CCC(CNCC(C)C)C(COCC)C1. The number of rotatable bonds is 9. The highest BCUT2D eigenvalue weighted by molar-refractivity contribution is 4.81. The van der Waals surface area contributed by atoms with Gasteiger partial charge in [-0.05, 0) is 56.5 Å². The Hall–Kier alpha value is -0.0800. The van der Waals surface area contributed by atoms with Gasteiger partial charge in [0.15, 0.2) is 0 Å². The Morgan fingerprint density at radius 1 is 1.16 bits per heavy atom. The van der Waals surface area contributed by atoms with Crippen LogP contribution in [0.15, 0.2) is 0 Å². The van der Waals surface area contributed by atoms with E-state index in [1.165, 1.54) is 38.6 Å². The Morgan fingerprint density at radius 2 is 1.95 bits per heavy atom. The second-order valence-corrected chi connectivity index (χ2v) is 6.70. The zero-order chi connectivity index (χ0) is 14.1. The fourth-order valence-corrected chi connectivity index (χ4v) is 3.39. The highest BCUT2D eigenvalue weighted by atomic mass is 16.5. The first-order chi connectivity index (χ1) is 9.17. The zero-order valence-electron chi connectivity index (χ0n) is 13.6. The Kier molecular flexibility index (Phi) is 8.72. The van der Waals surface area contributed by atoms with Crippen LogP contribution in [0.4, 0.5) is 0 Å². The van der Waals surface area contributed by atoms with Crippen molar-refractivity contribution in [2.45, 2.75) is 59.8 Å². The van der Waals surface area contributed by atoms with Gasteiger partial charge >= 0.3 is 0 Å². The number of hydrogen-bond donors (Lipinski definition) is 1. The van der Waals surface area contributed by atoms with Crippen LogP contribution in [0.25, 0.3) is 0 Å². The van der Waals surface area contributed by atoms with Crippen LogP contribution in [-0.2, 0) is 4.74 Å². The Morgan fingerprint density at radius 3 is 2.58 bits per heavy atom. The topological polar surface area (TPSA) is 21.3 Å². The molecule has 0 amide bonds. The van der Waals surface area contributed by atoms with E-state index in [9.17, 15) is 0 Å². The summed E-state index contributed by atoms with van der Waals surface area (Å²) in [5.74, 6) is 3.32. The van der Waals surface area contributed by atoms with E-state index >= 15 is 0 Å². The summed E-state index contributed by atoms with van der Waals surface area (Å²) in [5, 5.41) is 3.65. The summed E-state index contributed by atoms with van der Waals surface area (Å²) in [6.07, 6.45) is 6.97. The molecule has 3 unspecified atom stereocenters. The van der Waals surface area contributed by atoms with Gasteiger partial charge < -0.3 is 10.1 Å². The van der Waals surface area contributed by atoms with Crippen molar-refractivity contribution in [3.05, 3.63) is 0 Å². The third-order valence-electron chi connectivity index (χ3n) is 4.44. The van der Waals surface area contributed by atoms with Crippen molar-refractivity contribution in [3.63, 3.8) is 0 Å². The van der Waals surface area contributed by atoms with Crippen LogP contribution >= 0.6 is 0 Å². The summed E-state index contributed by atoms with van der Waals surface area (Å²) in [6, 6.07) is 0. The second kappa shape index (κ2) is 9.77. The van der Waals surface area contributed by atoms with E-state index in [0.29, 0.717) is 0 Å². The summed E-state index contributed by atoms with van der Waals surface area (Å²) in [6.45, 7) is 13.2. The largest absolute Gasteiger partial charge is 0.381 e. The molecule has 0 aromatic heterocycles. The lowest BCUT2D eigenvalue weighted by Crippen LogP contribution is -2.36. The highest BCUT2D eigenvalue weighted by Gasteiger charge is 2.29. The van der Waals surface area contributed by atoms with Gasteiger partial charge in [-0.3, -0.25) is 0 Å². The normalized spacial score (nSPS) is 27.9. The Balaban J connectivity index is 2.38. The predicted molar refractivity (Wildman–Crippen MR) is 83.4 cm³/mol. The van der Waals surface area contributed by atoms with Crippen LogP contribution in [0, 0.1) is 23.7 Å². The smallest absolute Gasteiger partial charge is 0.0497 e. The second-order valence-electron chi connectivity index (χ2n) is 6.70. The van der Waals surface area contributed by atoms with Gasteiger partial charge in [-0.1, -0.05) is 40.0 Å². The lowest BCUT2D eigenvalue weighted by molar-refractivity contribution is 0.0490. The highest BCUT2D eigenvalue weighted by Crippen LogP contribution is 2.36. The molecule has 1 fully saturated rings. The summed E-state index contributed by atoms with van der Waals surface area (Å²) in [5.41, 5.74) is 0. The minimum absolute atomic E-state index is 0.752. The van der Waals surface area contributed by atoms with Crippen molar-refractivity contribution in [1.29, 1.82) is 0 Å². The molecule has 1 aliphatic rings. The van der Waals surface area contributed by atoms with Crippen LogP contribution in [0.5, 0.6) is 0 Å². The number of ether oxygens (including phenoxy) is 1. The van der Waals surface area contributed by atoms with Crippen molar-refractivity contribution in [1.82, 2.24) is 5.32 Å². The molecule has 114 valence electrons. The fourth-order valence-electron chi connectivity index (χ4n) is 3.39. The molecule has 0 heterocycles. The maximum absolute atomic E-state index is 5.73. The van der Waals surface area contributed by atoms with Crippen molar-refractivity contribution in [2.24, 2.45) is 23.7 Å². The van der Waals surface area contributed by atoms with Gasteiger partial charge in [-0.15, -0.1) is 0 Å². The average Bonchev–Trinajstić information content (AvgIpc) is 2.38. The predicted octanol–water partition coefficient (Wildman–Crippen LogP) is 4.10. The van der Waals surface area contributed by atoms with Gasteiger partial charge in [0.25, 0.3) is 0 Å². The van der Waals surface area contributed by atoms with E-state index in [2.05, 4.69) is 33.0 Å². The van der Waals surface area contributed by atoms with Crippen LogP contribution in [-0.4, -0.2) is 26.3 Å². The molecular formula is C17H35NO. The van der Waals surface area contributed by atoms with E-state index in [0.717, 1.165) is 43.4 Å². The summed E-state index contributed by atoms with van der Waals surface area (Å²) >= 11 is 0. The van der Waals surface area contributed by atoms with Crippen LogP contribution < -0.4 is 5.32 Å². The molecule has 1 saturated carbocycles. The van der Waals surface area contributed by atoms with Gasteiger partial charge in [-0.2, -0.15) is 0 Å².